The molecule has 3 rings (SSSR count). The maximum absolute atomic E-state index is 12.4. The van der Waals surface area contributed by atoms with Gasteiger partial charge in [0.2, 0.25) is 5.91 Å². The molecule has 5 heteroatoms. The molecular weight excluding hydrogens is 360 g/mol. The quantitative estimate of drug-likeness (QED) is 0.710. The third-order valence-electron chi connectivity index (χ3n) is 5.67. The first-order chi connectivity index (χ1) is 14.1. The Balaban J connectivity index is 1.49. The standard InChI is InChI=1S/C24H34N4O/c1-4-19-7-6-8-20(5-2)24(19)25-14-13-23(29)26-21-9-11-22(12-10-21)28-17-15-27(3)16-18-28/h6-12,25H,4-5,13-18H2,1-3H3,(H,26,29). The first kappa shape index (κ1) is 21.2. The Labute approximate surface area is 175 Å². The van der Waals surface area contributed by atoms with Crippen molar-refractivity contribution >= 4 is 23.0 Å². The van der Waals surface area contributed by atoms with Gasteiger partial charge in [0.1, 0.15) is 0 Å². The van der Waals surface area contributed by atoms with Crippen LogP contribution in [0.2, 0.25) is 0 Å². The van der Waals surface area contributed by atoms with Gasteiger partial charge in [0, 0.05) is 56.2 Å². The van der Waals surface area contributed by atoms with E-state index in [9.17, 15) is 4.79 Å². The van der Waals surface area contributed by atoms with Crippen LogP contribution >= 0.6 is 0 Å². The van der Waals surface area contributed by atoms with Crippen molar-refractivity contribution in [2.24, 2.45) is 0 Å². The summed E-state index contributed by atoms with van der Waals surface area (Å²) in [5.74, 6) is 0.0388. The van der Waals surface area contributed by atoms with Crippen molar-refractivity contribution in [3.8, 4) is 0 Å². The predicted octanol–water partition coefficient (Wildman–Crippen LogP) is 4.00. The predicted molar refractivity (Wildman–Crippen MR) is 123 cm³/mol. The van der Waals surface area contributed by atoms with Crippen LogP contribution in [0.5, 0.6) is 0 Å². The number of hydrogen-bond acceptors (Lipinski definition) is 4. The number of carbonyl (C=O) groups is 1. The number of benzene rings is 2. The molecule has 0 saturated carbocycles. The second-order valence-electron chi connectivity index (χ2n) is 7.72. The van der Waals surface area contributed by atoms with Crippen LogP contribution in [0.15, 0.2) is 42.5 Å². The van der Waals surface area contributed by atoms with Gasteiger partial charge in [-0.15, -0.1) is 0 Å². The van der Waals surface area contributed by atoms with E-state index >= 15 is 0 Å². The zero-order valence-electron chi connectivity index (χ0n) is 18.0. The van der Waals surface area contributed by atoms with E-state index in [4.69, 9.17) is 0 Å². The molecule has 1 amide bonds. The van der Waals surface area contributed by atoms with Gasteiger partial charge < -0.3 is 20.4 Å². The molecule has 1 aliphatic heterocycles. The van der Waals surface area contributed by atoms with Gasteiger partial charge in [-0.25, -0.2) is 0 Å². The van der Waals surface area contributed by atoms with Crippen LogP contribution in [-0.4, -0.2) is 50.6 Å². The molecule has 0 atom stereocenters. The summed E-state index contributed by atoms with van der Waals surface area (Å²) in [5.41, 5.74) is 5.90. The van der Waals surface area contributed by atoms with Gasteiger partial charge in [-0.3, -0.25) is 4.79 Å². The van der Waals surface area contributed by atoms with E-state index in [0.717, 1.165) is 44.7 Å². The minimum absolute atomic E-state index is 0.0388. The highest BCUT2D eigenvalue weighted by Gasteiger charge is 2.14. The summed E-state index contributed by atoms with van der Waals surface area (Å²) in [6, 6.07) is 14.6. The van der Waals surface area contributed by atoms with E-state index in [1.165, 1.54) is 22.5 Å². The van der Waals surface area contributed by atoms with Crippen LogP contribution in [0.1, 0.15) is 31.4 Å². The molecule has 0 unspecified atom stereocenters. The summed E-state index contributed by atoms with van der Waals surface area (Å²) in [5, 5.41) is 6.50. The Morgan fingerprint density at radius 3 is 2.14 bits per heavy atom. The topological polar surface area (TPSA) is 47.6 Å². The fourth-order valence-corrected chi connectivity index (χ4v) is 3.81. The van der Waals surface area contributed by atoms with Crippen LogP contribution in [0, 0.1) is 0 Å². The summed E-state index contributed by atoms with van der Waals surface area (Å²) in [4.78, 5) is 17.1. The lowest BCUT2D eigenvalue weighted by atomic mass is 10.0. The molecule has 1 aliphatic rings. The molecule has 29 heavy (non-hydrogen) atoms. The van der Waals surface area contributed by atoms with E-state index in [2.05, 4.69) is 71.7 Å². The lowest BCUT2D eigenvalue weighted by molar-refractivity contribution is -0.115. The molecule has 2 aromatic rings. The third-order valence-corrected chi connectivity index (χ3v) is 5.67. The average Bonchev–Trinajstić information content (AvgIpc) is 2.75. The van der Waals surface area contributed by atoms with Gasteiger partial charge in [-0.2, -0.15) is 0 Å². The highest BCUT2D eigenvalue weighted by Crippen LogP contribution is 2.23. The fourth-order valence-electron chi connectivity index (χ4n) is 3.81. The SMILES string of the molecule is CCc1cccc(CC)c1NCCC(=O)Nc1ccc(N2CCN(C)CC2)cc1. The summed E-state index contributed by atoms with van der Waals surface area (Å²) >= 11 is 0. The van der Waals surface area contributed by atoms with Crippen molar-refractivity contribution in [1.29, 1.82) is 0 Å². The number of piperazine rings is 1. The summed E-state index contributed by atoms with van der Waals surface area (Å²) in [7, 11) is 2.16. The largest absolute Gasteiger partial charge is 0.384 e. The first-order valence-corrected chi connectivity index (χ1v) is 10.8. The highest BCUT2D eigenvalue weighted by molar-refractivity contribution is 5.91. The number of carbonyl (C=O) groups excluding carboxylic acids is 1. The zero-order valence-corrected chi connectivity index (χ0v) is 18.0. The van der Waals surface area contributed by atoms with Crippen LogP contribution in [0.3, 0.4) is 0 Å². The van der Waals surface area contributed by atoms with E-state index in [1.807, 2.05) is 12.1 Å². The number of rotatable bonds is 8. The van der Waals surface area contributed by atoms with E-state index in [0.29, 0.717) is 13.0 Å². The molecule has 0 spiro atoms. The Bertz CT molecular complexity index is 773. The van der Waals surface area contributed by atoms with Crippen molar-refractivity contribution in [1.82, 2.24) is 4.90 Å². The highest BCUT2D eigenvalue weighted by atomic mass is 16.1. The van der Waals surface area contributed by atoms with Gasteiger partial charge in [-0.1, -0.05) is 32.0 Å². The number of likely N-dealkylation sites (N-methyl/N-ethyl adjacent to an activating group) is 1. The molecule has 2 N–H and O–H groups in total. The number of nitrogens with zero attached hydrogens (tertiary/aromatic N) is 2. The molecule has 1 saturated heterocycles. The Kier molecular flexibility index (Phi) is 7.53. The second kappa shape index (κ2) is 10.3. The Morgan fingerprint density at radius 1 is 0.931 bits per heavy atom. The Morgan fingerprint density at radius 2 is 1.55 bits per heavy atom. The minimum atomic E-state index is 0.0388. The van der Waals surface area contributed by atoms with Crippen molar-refractivity contribution in [3.05, 3.63) is 53.6 Å². The van der Waals surface area contributed by atoms with Crippen molar-refractivity contribution in [2.45, 2.75) is 33.1 Å². The molecule has 5 nitrogen and oxygen atoms in total. The molecule has 0 radical (unpaired) electrons. The normalized spacial score (nSPS) is 14.7. The van der Waals surface area contributed by atoms with Crippen LogP contribution in [0.25, 0.3) is 0 Å². The number of nitrogens with one attached hydrogen (secondary N) is 2. The second-order valence-corrected chi connectivity index (χ2v) is 7.72. The van der Waals surface area contributed by atoms with Gasteiger partial charge in [0.15, 0.2) is 0 Å². The van der Waals surface area contributed by atoms with E-state index in [1.54, 1.807) is 0 Å². The molecule has 1 fully saturated rings. The van der Waals surface area contributed by atoms with Crippen LogP contribution in [-0.2, 0) is 17.6 Å². The molecule has 0 aromatic heterocycles. The zero-order chi connectivity index (χ0) is 20.6. The lowest BCUT2D eigenvalue weighted by Crippen LogP contribution is -2.44. The molecule has 2 aromatic carbocycles. The fraction of sp³-hybridized carbons (Fsp3) is 0.458. The van der Waals surface area contributed by atoms with Crippen molar-refractivity contribution in [3.63, 3.8) is 0 Å². The van der Waals surface area contributed by atoms with Gasteiger partial charge >= 0.3 is 0 Å². The monoisotopic (exact) mass is 394 g/mol. The maximum atomic E-state index is 12.4. The van der Waals surface area contributed by atoms with Gasteiger partial charge in [0.05, 0.1) is 0 Å². The molecule has 156 valence electrons. The smallest absolute Gasteiger partial charge is 0.226 e. The van der Waals surface area contributed by atoms with Crippen molar-refractivity contribution in [2.75, 3.05) is 55.3 Å². The number of aryl methyl sites for hydroxylation is 2. The lowest BCUT2D eigenvalue weighted by Gasteiger charge is -2.34. The van der Waals surface area contributed by atoms with Crippen LogP contribution in [0.4, 0.5) is 17.1 Å². The van der Waals surface area contributed by atoms with Crippen LogP contribution < -0.4 is 15.5 Å². The molecule has 1 heterocycles. The summed E-state index contributed by atoms with van der Waals surface area (Å²) in [6.07, 6.45) is 2.42. The van der Waals surface area contributed by atoms with Crippen molar-refractivity contribution < 1.29 is 4.79 Å². The summed E-state index contributed by atoms with van der Waals surface area (Å²) < 4.78 is 0. The molecule has 0 bridgehead atoms. The average molecular weight is 395 g/mol. The third kappa shape index (κ3) is 5.73. The van der Waals surface area contributed by atoms with Gasteiger partial charge in [-0.05, 0) is 55.3 Å². The Hall–Kier alpha value is -2.53. The maximum Gasteiger partial charge on any atom is 0.226 e. The number of hydrogen-bond donors (Lipinski definition) is 2. The number of para-hydroxylation sites is 1. The van der Waals surface area contributed by atoms with Gasteiger partial charge in [0.25, 0.3) is 0 Å². The molecular formula is C24H34N4O. The number of amides is 1. The number of anilines is 3. The van der Waals surface area contributed by atoms with E-state index < -0.39 is 0 Å². The first-order valence-electron chi connectivity index (χ1n) is 10.8. The van der Waals surface area contributed by atoms with E-state index in [-0.39, 0.29) is 5.91 Å². The molecule has 0 aliphatic carbocycles. The summed E-state index contributed by atoms with van der Waals surface area (Å²) in [6.45, 7) is 9.24. The minimum Gasteiger partial charge on any atom is -0.384 e.